The summed E-state index contributed by atoms with van der Waals surface area (Å²) in [5.41, 5.74) is 4.11. The molecule has 0 bridgehead atoms. The van der Waals surface area contributed by atoms with E-state index in [0.717, 1.165) is 12.8 Å². The first-order valence-corrected chi connectivity index (χ1v) is 12.4. The van der Waals surface area contributed by atoms with Crippen LogP contribution in [0.3, 0.4) is 0 Å². The summed E-state index contributed by atoms with van der Waals surface area (Å²) in [6.45, 7) is 3.57. The number of hydrogen-bond acceptors (Lipinski definition) is 9. The van der Waals surface area contributed by atoms with Crippen LogP contribution in [0.15, 0.2) is 53.4 Å². The van der Waals surface area contributed by atoms with Crippen molar-refractivity contribution in [2.24, 2.45) is 11.8 Å². The van der Waals surface area contributed by atoms with Gasteiger partial charge in [0.25, 0.3) is 0 Å². The number of hydrogen-bond donors (Lipinski definition) is 3. The van der Waals surface area contributed by atoms with E-state index in [-0.39, 0.29) is 5.91 Å². The number of aryl methyl sites for hydroxylation is 2. The molecule has 0 radical (unpaired) electrons. The number of anilines is 3. The van der Waals surface area contributed by atoms with Crippen molar-refractivity contribution in [1.82, 2.24) is 25.1 Å². The van der Waals surface area contributed by atoms with Crippen LogP contribution in [0.4, 0.5) is 17.2 Å². The maximum atomic E-state index is 12.9. The number of aromatic nitrogens is 5. The number of carbonyl (C=O) groups is 2. The number of aliphatic carboxylic acids is 1. The lowest BCUT2D eigenvalue weighted by molar-refractivity contribution is -0.147. The quantitative estimate of drug-likeness (QED) is 0.314. The van der Waals surface area contributed by atoms with Crippen molar-refractivity contribution < 1.29 is 19.2 Å². The van der Waals surface area contributed by atoms with E-state index >= 15 is 0 Å². The Hall–Kier alpha value is -4.67. The van der Waals surface area contributed by atoms with Crippen molar-refractivity contribution in [1.29, 1.82) is 0 Å². The van der Waals surface area contributed by atoms with Gasteiger partial charge in [-0.1, -0.05) is 24.1 Å². The van der Waals surface area contributed by atoms with E-state index in [1.54, 1.807) is 44.6 Å². The zero-order valence-corrected chi connectivity index (χ0v) is 21.0. The van der Waals surface area contributed by atoms with Gasteiger partial charge in [0.15, 0.2) is 0 Å². The molecular weight excluding hydrogens is 486 g/mol. The van der Waals surface area contributed by atoms with Crippen molar-refractivity contribution in [3.8, 4) is 22.8 Å². The lowest BCUT2D eigenvalue weighted by Gasteiger charge is -2.27. The van der Waals surface area contributed by atoms with Crippen LogP contribution in [0, 0.1) is 25.7 Å². The standard InChI is InChI=1S/C27H27N7O4/c1-15-19(32-26(35)17-7-3-4-8-18(17)27(36)37)10-11-21(30-15)25-24(16(2)34-38-25)33-23-14-28-13-22(31-23)20-9-5-6-12-29-20/h5-6,9-14,17-18H,3-4,7-8H2,1-2H3,(H,31,33)(H,32,35)(H,36,37)/t17-,18-/m0/s1. The second-order valence-electron chi connectivity index (χ2n) is 9.26. The molecule has 3 N–H and O–H groups in total. The van der Waals surface area contributed by atoms with Crippen LogP contribution in [0.1, 0.15) is 37.1 Å². The Morgan fingerprint density at radius 2 is 1.76 bits per heavy atom. The number of carboxylic acids is 1. The fourth-order valence-corrected chi connectivity index (χ4v) is 4.67. The van der Waals surface area contributed by atoms with Gasteiger partial charge in [-0.3, -0.25) is 19.6 Å². The molecule has 4 heterocycles. The van der Waals surface area contributed by atoms with Gasteiger partial charge in [0, 0.05) is 6.20 Å². The lowest BCUT2D eigenvalue weighted by Crippen LogP contribution is -2.36. The molecule has 2 atom stereocenters. The minimum atomic E-state index is -0.925. The molecule has 0 spiro atoms. The Labute approximate surface area is 218 Å². The van der Waals surface area contributed by atoms with Crippen LogP contribution in [-0.4, -0.2) is 42.1 Å². The summed E-state index contributed by atoms with van der Waals surface area (Å²) in [5, 5.41) is 19.7. The highest BCUT2D eigenvalue weighted by Crippen LogP contribution is 2.34. The van der Waals surface area contributed by atoms with Crippen LogP contribution in [-0.2, 0) is 9.59 Å². The van der Waals surface area contributed by atoms with Crippen molar-refractivity contribution in [2.75, 3.05) is 10.6 Å². The maximum Gasteiger partial charge on any atom is 0.307 e. The average molecular weight is 514 g/mol. The maximum absolute atomic E-state index is 12.9. The van der Waals surface area contributed by atoms with E-state index in [0.29, 0.717) is 64.3 Å². The van der Waals surface area contributed by atoms with E-state index in [9.17, 15) is 14.7 Å². The summed E-state index contributed by atoms with van der Waals surface area (Å²) in [6.07, 6.45) is 7.66. The molecule has 0 aromatic carbocycles. The molecular formula is C27H27N7O4. The van der Waals surface area contributed by atoms with E-state index in [2.05, 4.69) is 35.7 Å². The largest absolute Gasteiger partial charge is 0.481 e. The molecule has 1 saturated carbocycles. The summed E-state index contributed by atoms with van der Waals surface area (Å²) in [6, 6.07) is 9.02. The molecule has 0 saturated heterocycles. The second kappa shape index (κ2) is 10.8. The van der Waals surface area contributed by atoms with Gasteiger partial charge in [0.1, 0.15) is 28.6 Å². The molecule has 194 valence electrons. The highest BCUT2D eigenvalue weighted by Gasteiger charge is 2.36. The minimum Gasteiger partial charge on any atom is -0.481 e. The number of amides is 1. The summed E-state index contributed by atoms with van der Waals surface area (Å²) in [5.74, 6) is -1.55. The van der Waals surface area contributed by atoms with Crippen molar-refractivity contribution >= 4 is 29.1 Å². The second-order valence-corrected chi connectivity index (χ2v) is 9.26. The fraction of sp³-hybridized carbons (Fsp3) is 0.296. The molecule has 4 aromatic rings. The lowest BCUT2D eigenvalue weighted by atomic mass is 9.78. The molecule has 4 aromatic heterocycles. The molecule has 5 rings (SSSR count). The Morgan fingerprint density at radius 3 is 2.50 bits per heavy atom. The van der Waals surface area contributed by atoms with Crippen LogP contribution >= 0.6 is 0 Å². The number of carbonyl (C=O) groups excluding carboxylic acids is 1. The summed E-state index contributed by atoms with van der Waals surface area (Å²) >= 11 is 0. The van der Waals surface area contributed by atoms with Gasteiger partial charge in [-0.2, -0.15) is 0 Å². The number of nitrogens with one attached hydrogen (secondary N) is 2. The SMILES string of the molecule is Cc1nc(-c2onc(C)c2Nc2cncc(-c3ccccn3)n2)ccc1NC(=O)[C@H]1CCCC[C@@H]1C(=O)O. The molecule has 1 aliphatic carbocycles. The molecule has 11 nitrogen and oxygen atoms in total. The van der Waals surface area contributed by atoms with Crippen LogP contribution in [0.25, 0.3) is 22.8 Å². The monoisotopic (exact) mass is 513 g/mol. The Bertz CT molecular complexity index is 1470. The molecule has 11 heteroatoms. The molecule has 1 fully saturated rings. The van der Waals surface area contributed by atoms with Gasteiger partial charge < -0.3 is 20.3 Å². The van der Waals surface area contributed by atoms with Crippen molar-refractivity contribution in [3.63, 3.8) is 0 Å². The van der Waals surface area contributed by atoms with Crippen LogP contribution in [0.2, 0.25) is 0 Å². The Kier molecular flexibility index (Phi) is 7.07. The molecule has 1 aliphatic rings. The van der Waals surface area contributed by atoms with Gasteiger partial charge in [0.05, 0.1) is 41.3 Å². The summed E-state index contributed by atoms with van der Waals surface area (Å²) in [7, 11) is 0. The van der Waals surface area contributed by atoms with Gasteiger partial charge in [-0.25, -0.2) is 9.97 Å². The highest BCUT2D eigenvalue weighted by molar-refractivity contribution is 5.95. The van der Waals surface area contributed by atoms with Crippen molar-refractivity contribution in [2.45, 2.75) is 39.5 Å². The predicted octanol–water partition coefficient (Wildman–Crippen LogP) is 4.78. The van der Waals surface area contributed by atoms with E-state index < -0.39 is 17.8 Å². The Morgan fingerprint density at radius 1 is 0.947 bits per heavy atom. The molecule has 0 unspecified atom stereocenters. The smallest absolute Gasteiger partial charge is 0.307 e. The third-order valence-corrected chi connectivity index (χ3v) is 6.67. The topological polar surface area (TPSA) is 156 Å². The molecule has 38 heavy (non-hydrogen) atoms. The fourth-order valence-electron chi connectivity index (χ4n) is 4.67. The first-order chi connectivity index (χ1) is 18.4. The van der Waals surface area contributed by atoms with Crippen LogP contribution in [0.5, 0.6) is 0 Å². The van der Waals surface area contributed by atoms with Crippen molar-refractivity contribution in [3.05, 3.63) is 60.3 Å². The first kappa shape index (κ1) is 25.0. The van der Waals surface area contributed by atoms with Gasteiger partial charge >= 0.3 is 5.97 Å². The van der Waals surface area contributed by atoms with Crippen LogP contribution < -0.4 is 10.6 Å². The van der Waals surface area contributed by atoms with Gasteiger partial charge in [-0.15, -0.1) is 0 Å². The molecule has 0 aliphatic heterocycles. The van der Waals surface area contributed by atoms with Gasteiger partial charge in [-0.05, 0) is 51.0 Å². The summed E-state index contributed by atoms with van der Waals surface area (Å²) < 4.78 is 5.59. The predicted molar refractivity (Wildman–Crippen MR) is 139 cm³/mol. The zero-order chi connectivity index (χ0) is 26.6. The number of pyridine rings is 2. The van der Waals surface area contributed by atoms with E-state index in [4.69, 9.17) is 4.52 Å². The third kappa shape index (κ3) is 5.22. The summed E-state index contributed by atoms with van der Waals surface area (Å²) in [4.78, 5) is 42.4. The van der Waals surface area contributed by atoms with E-state index in [1.807, 2.05) is 18.2 Å². The number of carboxylic acid groups (broad SMARTS) is 1. The minimum absolute atomic E-state index is 0.293. The third-order valence-electron chi connectivity index (χ3n) is 6.67. The number of rotatable bonds is 7. The average Bonchev–Trinajstić information content (AvgIpc) is 3.30. The van der Waals surface area contributed by atoms with Gasteiger partial charge in [0.2, 0.25) is 11.7 Å². The Balaban J connectivity index is 1.36. The zero-order valence-electron chi connectivity index (χ0n) is 21.0. The normalized spacial score (nSPS) is 17.1. The highest BCUT2D eigenvalue weighted by atomic mass is 16.5. The first-order valence-electron chi connectivity index (χ1n) is 12.4. The molecule has 1 amide bonds. The number of nitrogens with zero attached hydrogens (tertiary/aromatic N) is 5. The van der Waals surface area contributed by atoms with E-state index in [1.165, 1.54) is 0 Å².